The van der Waals surface area contributed by atoms with Gasteiger partial charge in [-0.25, -0.2) is 0 Å². The van der Waals surface area contributed by atoms with Crippen molar-refractivity contribution in [3.63, 3.8) is 0 Å². The molecule has 1 rings (SSSR count). The van der Waals surface area contributed by atoms with Crippen LogP contribution in [-0.4, -0.2) is 29.1 Å². The molecule has 4 N–H and O–H groups in total. The van der Waals surface area contributed by atoms with Crippen LogP contribution in [0.25, 0.3) is 6.08 Å². The molecule has 1 aromatic carbocycles. The topological polar surface area (TPSA) is 92.4 Å². The van der Waals surface area contributed by atoms with Crippen molar-refractivity contribution in [1.29, 1.82) is 0 Å². The molecule has 0 saturated heterocycles. The Morgan fingerprint density at radius 2 is 1.95 bits per heavy atom. The maximum Gasteiger partial charge on any atom is 0.248 e. The van der Waals surface area contributed by atoms with Crippen LogP contribution in [0.4, 0.5) is 0 Å². The minimum Gasteiger partial charge on any atom is -0.388 e. The lowest BCUT2D eigenvalue weighted by atomic mass is 10.0. The summed E-state index contributed by atoms with van der Waals surface area (Å²) in [5.41, 5.74) is 5.47. The fourth-order valence-corrected chi connectivity index (χ4v) is 1.89. The second-order valence-corrected chi connectivity index (χ2v) is 5.28. The lowest BCUT2D eigenvalue weighted by Gasteiger charge is -2.22. The van der Waals surface area contributed by atoms with Crippen LogP contribution < -0.4 is 11.1 Å². The van der Waals surface area contributed by atoms with Crippen molar-refractivity contribution < 1.29 is 14.7 Å². The zero-order valence-corrected chi connectivity index (χ0v) is 12.4. The Balaban J connectivity index is 2.52. The predicted octanol–water partition coefficient (Wildman–Crippen LogP) is 1.47. The third kappa shape index (κ3) is 6.23. The smallest absolute Gasteiger partial charge is 0.248 e. The molecule has 0 radical (unpaired) electrons. The highest BCUT2D eigenvalue weighted by molar-refractivity contribution is 5.94. The van der Waals surface area contributed by atoms with E-state index in [0.717, 1.165) is 12.0 Å². The molecule has 0 spiro atoms. The summed E-state index contributed by atoms with van der Waals surface area (Å²) in [5, 5.41) is 12.6. The van der Waals surface area contributed by atoms with Gasteiger partial charge in [-0.1, -0.05) is 25.5 Å². The molecule has 1 atom stereocenters. The third-order valence-corrected chi connectivity index (χ3v) is 3.05. The maximum atomic E-state index is 11.7. The summed E-state index contributed by atoms with van der Waals surface area (Å²) in [4.78, 5) is 22.6. The molecule has 0 aliphatic heterocycles. The normalized spacial score (nSPS) is 13.9. The number of hydrogen-bond acceptors (Lipinski definition) is 3. The molecule has 0 fully saturated rings. The molecule has 0 aromatic heterocycles. The van der Waals surface area contributed by atoms with Gasteiger partial charge in [0.2, 0.25) is 11.8 Å². The van der Waals surface area contributed by atoms with E-state index in [4.69, 9.17) is 5.73 Å². The molecule has 0 bridgehead atoms. The number of nitrogens with one attached hydrogen (secondary N) is 1. The van der Waals surface area contributed by atoms with E-state index in [0.29, 0.717) is 12.0 Å². The van der Waals surface area contributed by atoms with Crippen LogP contribution in [0.1, 0.15) is 42.6 Å². The Kier molecular flexibility index (Phi) is 6.11. The molecule has 114 valence electrons. The van der Waals surface area contributed by atoms with E-state index in [2.05, 4.69) is 5.32 Å². The summed E-state index contributed by atoms with van der Waals surface area (Å²) in [6.07, 6.45) is 4.51. The standard InChI is InChI=1S/C16H22N2O3/c1-3-10-16(2,21)11-18-14(19)9-6-12-4-7-13(8-5-12)15(17)20/h4-9,21H,3,10-11H2,1-2H3,(H2,17,20)(H,18,19)/b9-6+. The molecular weight excluding hydrogens is 268 g/mol. The zero-order valence-electron chi connectivity index (χ0n) is 12.4. The minimum atomic E-state index is -0.888. The van der Waals surface area contributed by atoms with Gasteiger partial charge in [-0.05, 0) is 37.1 Å². The summed E-state index contributed by atoms with van der Waals surface area (Å²) in [5.74, 6) is -0.758. The van der Waals surface area contributed by atoms with Crippen LogP contribution in [0.3, 0.4) is 0 Å². The van der Waals surface area contributed by atoms with E-state index in [9.17, 15) is 14.7 Å². The van der Waals surface area contributed by atoms with E-state index in [1.165, 1.54) is 6.08 Å². The summed E-state index contributed by atoms with van der Waals surface area (Å²) >= 11 is 0. The molecule has 0 saturated carbocycles. The fourth-order valence-electron chi connectivity index (χ4n) is 1.89. The average molecular weight is 290 g/mol. The zero-order chi connectivity index (χ0) is 15.9. The number of hydrogen-bond donors (Lipinski definition) is 3. The molecule has 2 amide bonds. The number of primary amides is 1. The number of rotatable bonds is 7. The van der Waals surface area contributed by atoms with Crippen molar-refractivity contribution in [3.8, 4) is 0 Å². The van der Waals surface area contributed by atoms with Crippen molar-refractivity contribution in [2.45, 2.75) is 32.3 Å². The number of amides is 2. The van der Waals surface area contributed by atoms with E-state index in [1.54, 1.807) is 37.3 Å². The van der Waals surface area contributed by atoms with E-state index in [1.807, 2.05) is 6.92 Å². The molecule has 21 heavy (non-hydrogen) atoms. The Labute approximate surface area is 124 Å². The lowest BCUT2D eigenvalue weighted by Crippen LogP contribution is -2.39. The van der Waals surface area contributed by atoms with Gasteiger partial charge in [0.15, 0.2) is 0 Å². The SMILES string of the molecule is CCCC(C)(O)CNC(=O)/C=C/c1ccc(C(N)=O)cc1. The predicted molar refractivity (Wildman–Crippen MR) is 82.5 cm³/mol. The summed E-state index contributed by atoms with van der Waals surface area (Å²) in [7, 11) is 0. The first-order chi connectivity index (χ1) is 9.84. The lowest BCUT2D eigenvalue weighted by molar-refractivity contribution is -0.117. The monoisotopic (exact) mass is 290 g/mol. The van der Waals surface area contributed by atoms with Gasteiger partial charge in [-0.15, -0.1) is 0 Å². The first kappa shape index (κ1) is 16.9. The fraction of sp³-hybridized carbons (Fsp3) is 0.375. The van der Waals surface area contributed by atoms with Crippen LogP contribution in [0.15, 0.2) is 30.3 Å². The highest BCUT2D eigenvalue weighted by Crippen LogP contribution is 2.10. The summed E-state index contributed by atoms with van der Waals surface area (Å²) in [6.45, 7) is 3.89. The average Bonchev–Trinajstić information content (AvgIpc) is 2.43. The highest BCUT2D eigenvalue weighted by atomic mass is 16.3. The second-order valence-electron chi connectivity index (χ2n) is 5.28. The van der Waals surface area contributed by atoms with E-state index in [-0.39, 0.29) is 12.5 Å². The van der Waals surface area contributed by atoms with Gasteiger partial charge in [-0.2, -0.15) is 0 Å². The molecule has 1 aromatic rings. The Bertz CT molecular complexity index is 519. The highest BCUT2D eigenvalue weighted by Gasteiger charge is 2.19. The Hall–Kier alpha value is -2.14. The molecular formula is C16H22N2O3. The quantitative estimate of drug-likeness (QED) is 0.664. The van der Waals surface area contributed by atoms with Gasteiger partial charge in [-0.3, -0.25) is 9.59 Å². The number of benzene rings is 1. The number of carbonyl (C=O) groups is 2. The van der Waals surface area contributed by atoms with Crippen molar-refractivity contribution in [2.24, 2.45) is 5.73 Å². The first-order valence-corrected chi connectivity index (χ1v) is 6.92. The molecule has 0 aliphatic rings. The largest absolute Gasteiger partial charge is 0.388 e. The minimum absolute atomic E-state index is 0.213. The van der Waals surface area contributed by atoms with Crippen molar-refractivity contribution in [1.82, 2.24) is 5.32 Å². The number of aliphatic hydroxyl groups is 1. The van der Waals surface area contributed by atoms with Crippen LogP contribution in [-0.2, 0) is 4.79 Å². The van der Waals surface area contributed by atoms with Gasteiger partial charge < -0.3 is 16.2 Å². The van der Waals surface area contributed by atoms with Gasteiger partial charge in [0.05, 0.1) is 5.60 Å². The Morgan fingerprint density at radius 3 is 2.48 bits per heavy atom. The van der Waals surface area contributed by atoms with E-state index < -0.39 is 11.5 Å². The molecule has 5 nitrogen and oxygen atoms in total. The number of nitrogens with two attached hydrogens (primary N) is 1. The second kappa shape index (κ2) is 7.59. The van der Waals surface area contributed by atoms with Gasteiger partial charge in [0.25, 0.3) is 0 Å². The van der Waals surface area contributed by atoms with Crippen molar-refractivity contribution in [3.05, 3.63) is 41.5 Å². The van der Waals surface area contributed by atoms with Gasteiger partial charge >= 0.3 is 0 Å². The van der Waals surface area contributed by atoms with Gasteiger partial charge in [0.1, 0.15) is 0 Å². The van der Waals surface area contributed by atoms with Crippen LogP contribution in [0.5, 0.6) is 0 Å². The number of carbonyl (C=O) groups excluding carboxylic acids is 2. The van der Waals surface area contributed by atoms with Crippen LogP contribution >= 0.6 is 0 Å². The summed E-state index contributed by atoms with van der Waals surface area (Å²) < 4.78 is 0. The van der Waals surface area contributed by atoms with Crippen LogP contribution in [0, 0.1) is 0 Å². The van der Waals surface area contributed by atoms with Crippen LogP contribution in [0.2, 0.25) is 0 Å². The van der Waals surface area contributed by atoms with Crippen molar-refractivity contribution in [2.75, 3.05) is 6.54 Å². The van der Waals surface area contributed by atoms with Gasteiger partial charge in [0, 0.05) is 18.2 Å². The first-order valence-electron chi connectivity index (χ1n) is 6.92. The maximum absolute atomic E-state index is 11.7. The molecule has 1 unspecified atom stereocenters. The van der Waals surface area contributed by atoms with Crippen molar-refractivity contribution >= 4 is 17.9 Å². The summed E-state index contributed by atoms with van der Waals surface area (Å²) in [6, 6.07) is 6.62. The Morgan fingerprint density at radius 1 is 1.33 bits per heavy atom. The molecule has 5 heteroatoms. The third-order valence-electron chi connectivity index (χ3n) is 3.05. The van der Waals surface area contributed by atoms with E-state index >= 15 is 0 Å². The molecule has 0 heterocycles. The molecule has 0 aliphatic carbocycles.